The summed E-state index contributed by atoms with van der Waals surface area (Å²) in [6, 6.07) is 5.43. The van der Waals surface area contributed by atoms with Crippen LogP contribution in [0.4, 0.5) is 5.13 Å². The van der Waals surface area contributed by atoms with E-state index in [9.17, 15) is 4.79 Å². The topological polar surface area (TPSA) is 45.7 Å². The number of nitrogens with zero attached hydrogens (tertiary/aromatic N) is 3. The highest BCUT2D eigenvalue weighted by molar-refractivity contribution is 7.22. The number of carbonyl (C=O) groups is 1. The lowest BCUT2D eigenvalue weighted by Crippen LogP contribution is -2.39. The van der Waals surface area contributed by atoms with Crippen LogP contribution in [0.5, 0.6) is 0 Å². The molecule has 1 aromatic carbocycles. The zero-order chi connectivity index (χ0) is 21.3. The maximum absolute atomic E-state index is 13.4. The summed E-state index contributed by atoms with van der Waals surface area (Å²) in [5.41, 5.74) is 2.14. The number of halogens is 3. The Kier molecular flexibility index (Phi) is 7.19. The van der Waals surface area contributed by atoms with Gasteiger partial charge in [0.15, 0.2) is 5.13 Å². The van der Waals surface area contributed by atoms with Crippen molar-refractivity contribution < 1.29 is 9.53 Å². The fraction of sp³-hybridized carbons (Fsp3) is 0.400. The summed E-state index contributed by atoms with van der Waals surface area (Å²) in [7, 11) is 0. The van der Waals surface area contributed by atoms with Gasteiger partial charge in [0, 0.05) is 31.2 Å². The van der Waals surface area contributed by atoms with Gasteiger partial charge >= 0.3 is 0 Å². The maximum atomic E-state index is 13.4. The summed E-state index contributed by atoms with van der Waals surface area (Å²) in [6.45, 7) is 6.70. The number of hydrogen-bond acceptors (Lipinski definition) is 6. The molecule has 1 fully saturated rings. The number of aryl methyl sites for hydroxylation is 1. The summed E-state index contributed by atoms with van der Waals surface area (Å²) in [5.74, 6) is -0.187. The molecule has 5 nitrogen and oxygen atoms in total. The van der Waals surface area contributed by atoms with Crippen molar-refractivity contribution in [2.45, 2.75) is 13.3 Å². The molecule has 3 heterocycles. The highest BCUT2D eigenvalue weighted by Gasteiger charge is 2.25. The number of benzene rings is 1. The molecule has 0 bridgehead atoms. The van der Waals surface area contributed by atoms with Crippen molar-refractivity contribution in [3.63, 3.8) is 0 Å². The predicted molar refractivity (Wildman–Crippen MR) is 127 cm³/mol. The fourth-order valence-corrected chi connectivity index (χ4v) is 6.05. The lowest BCUT2D eigenvalue weighted by molar-refractivity contribution is 0.0376. The Bertz CT molecular complexity index is 1060. The van der Waals surface area contributed by atoms with Crippen LogP contribution in [-0.2, 0) is 4.74 Å². The minimum atomic E-state index is -0.187. The van der Waals surface area contributed by atoms with Crippen molar-refractivity contribution in [1.29, 1.82) is 0 Å². The molecule has 0 aliphatic carbocycles. The third-order valence-electron chi connectivity index (χ3n) is 5.06. The van der Waals surface area contributed by atoms with Crippen molar-refractivity contribution in [3.8, 4) is 0 Å². The van der Waals surface area contributed by atoms with Gasteiger partial charge in [0.1, 0.15) is 4.34 Å². The van der Waals surface area contributed by atoms with Crippen LogP contribution in [0.25, 0.3) is 10.2 Å². The van der Waals surface area contributed by atoms with Gasteiger partial charge in [0.2, 0.25) is 0 Å². The smallest absolute Gasteiger partial charge is 0.262 e. The number of aromatic nitrogens is 1. The largest absolute Gasteiger partial charge is 0.379 e. The fourth-order valence-electron chi connectivity index (χ4n) is 3.40. The number of amides is 1. The van der Waals surface area contributed by atoms with Crippen molar-refractivity contribution in [3.05, 3.63) is 43.0 Å². The number of carbonyl (C=O) groups excluding carboxylic acids is 1. The van der Waals surface area contributed by atoms with Gasteiger partial charge in [0.25, 0.3) is 5.91 Å². The third kappa shape index (κ3) is 4.78. The second-order valence-corrected chi connectivity index (χ2v) is 10.7. The number of anilines is 1. The minimum absolute atomic E-state index is 0.187. The Hall–Kier alpha value is -0.930. The number of morpholine rings is 1. The second kappa shape index (κ2) is 9.69. The lowest BCUT2D eigenvalue weighted by atomic mass is 10.2. The van der Waals surface area contributed by atoms with E-state index in [0.717, 1.165) is 55.0 Å². The zero-order valence-corrected chi connectivity index (χ0v) is 20.2. The minimum Gasteiger partial charge on any atom is -0.379 e. The molecular weight excluding hydrogens is 485 g/mol. The first-order valence-corrected chi connectivity index (χ1v) is 12.3. The molecule has 0 N–H and O–H groups in total. The van der Waals surface area contributed by atoms with Crippen molar-refractivity contribution >= 4 is 78.7 Å². The van der Waals surface area contributed by atoms with Gasteiger partial charge in [-0.1, -0.05) is 46.1 Å². The Labute approximate surface area is 198 Å². The Morgan fingerprint density at radius 3 is 2.70 bits per heavy atom. The monoisotopic (exact) mass is 503 g/mol. The quantitative estimate of drug-likeness (QED) is 0.413. The molecule has 160 valence electrons. The van der Waals surface area contributed by atoms with Gasteiger partial charge in [-0.25, -0.2) is 4.98 Å². The van der Waals surface area contributed by atoms with Crippen LogP contribution in [0, 0.1) is 6.92 Å². The molecule has 1 amide bonds. The van der Waals surface area contributed by atoms with Crippen LogP contribution < -0.4 is 4.90 Å². The summed E-state index contributed by atoms with van der Waals surface area (Å²) in [4.78, 5) is 22.2. The Morgan fingerprint density at radius 1 is 1.23 bits per heavy atom. The highest BCUT2D eigenvalue weighted by Crippen LogP contribution is 2.36. The molecular formula is C20H20Cl3N3O2S2. The lowest BCUT2D eigenvalue weighted by Gasteiger charge is -2.27. The van der Waals surface area contributed by atoms with Crippen molar-refractivity contribution in [2.75, 3.05) is 44.3 Å². The Balaban J connectivity index is 1.61. The normalized spacial score (nSPS) is 15.1. The molecule has 4 rings (SSSR count). The van der Waals surface area contributed by atoms with Crippen LogP contribution >= 0.6 is 57.5 Å². The molecule has 1 aliphatic rings. The standard InChI is InChI=1S/C20H20Cl3N3O2S2/c1-12-14(21)3-4-15-17(12)24-20(29-15)26(6-2-5-25-7-9-28-10-8-25)19(27)13-11-16(22)30-18(13)23/h3-4,11H,2,5-10H2,1H3. The molecule has 1 aliphatic heterocycles. The summed E-state index contributed by atoms with van der Waals surface area (Å²) < 4.78 is 7.29. The number of rotatable bonds is 6. The van der Waals surface area contributed by atoms with Gasteiger partial charge in [-0.15, -0.1) is 11.3 Å². The van der Waals surface area contributed by atoms with E-state index in [1.165, 1.54) is 22.7 Å². The first-order chi connectivity index (χ1) is 14.4. The molecule has 10 heteroatoms. The van der Waals surface area contributed by atoms with Gasteiger partial charge in [-0.2, -0.15) is 0 Å². The zero-order valence-electron chi connectivity index (χ0n) is 16.3. The van der Waals surface area contributed by atoms with Crippen LogP contribution in [-0.4, -0.2) is 55.2 Å². The molecule has 0 saturated carbocycles. The van der Waals surface area contributed by atoms with E-state index >= 15 is 0 Å². The van der Waals surface area contributed by atoms with Crippen LogP contribution in [0.2, 0.25) is 13.7 Å². The van der Waals surface area contributed by atoms with Gasteiger partial charge in [0.05, 0.1) is 33.3 Å². The van der Waals surface area contributed by atoms with Gasteiger partial charge in [-0.05, 0) is 37.1 Å². The van der Waals surface area contributed by atoms with E-state index in [2.05, 4.69) is 4.90 Å². The average Bonchev–Trinajstić information content (AvgIpc) is 3.31. The molecule has 2 aromatic heterocycles. The predicted octanol–water partition coefficient (Wildman–Crippen LogP) is 6.00. The summed E-state index contributed by atoms with van der Waals surface area (Å²) in [5, 5.41) is 1.30. The highest BCUT2D eigenvalue weighted by atomic mass is 35.5. The summed E-state index contributed by atoms with van der Waals surface area (Å²) in [6.07, 6.45) is 0.816. The van der Waals surface area contributed by atoms with Crippen LogP contribution in [0.1, 0.15) is 22.3 Å². The number of thiazole rings is 1. The van der Waals surface area contributed by atoms with Crippen molar-refractivity contribution in [2.24, 2.45) is 0 Å². The molecule has 30 heavy (non-hydrogen) atoms. The Morgan fingerprint density at radius 2 is 2.00 bits per heavy atom. The second-order valence-electron chi connectivity index (χ2n) is 7.02. The SMILES string of the molecule is Cc1c(Cl)ccc2sc(N(CCCN3CCOCC3)C(=O)c3cc(Cl)sc3Cl)nc12. The average molecular weight is 505 g/mol. The van der Waals surface area contributed by atoms with E-state index in [1.54, 1.807) is 11.0 Å². The molecule has 1 saturated heterocycles. The van der Waals surface area contributed by atoms with Gasteiger partial charge < -0.3 is 4.74 Å². The summed E-state index contributed by atoms with van der Waals surface area (Å²) >= 11 is 21.3. The maximum Gasteiger partial charge on any atom is 0.262 e. The van der Waals surface area contributed by atoms with Crippen molar-refractivity contribution in [1.82, 2.24) is 9.88 Å². The van der Waals surface area contributed by atoms with Crippen LogP contribution in [0.3, 0.4) is 0 Å². The van der Waals surface area contributed by atoms with E-state index in [-0.39, 0.29) is 5.91 Å². The number of ether oxygens (including phenoxy) is 1. The molecule has 0 radical (unpaired) electrons. The first kappa shape index (κ1) is 22.3. The van der Waals surface area contributed by atoms with E-state index < -0.39 is 0 Å². The van der Waals surface area contributed by atoms with E-state index in [4.69, 9.17) is 44.5 Å². The number of hydrogen-bond donors (Lipinski definition) is 0. The molecule has 0 atom stereocenters. The first-order valence-electron chi connectivity index (χ1n) is 9.56. The molecule has 3 aromatic rings. The molecule has 0 spiro atoms. The van der Waals surface area contributed by atoms with Crippen LogP contribution in [0.15, 0.2) is 18.2 Å². The third-order valence-corrected chi connectivity index (χ3v) is 8.00. The van der Waals surface area contributed by atoms with E-state index in [0.29, 0.717) is 30.9 Å². The molecule has 0 unspecified atom stereocenters. The number of fused-ring (bicyclic) bond motifs is 1. The van der Waals surface area contributed by atoms with E-state index in [1.807, 2.05) is 19.1 Å². The van der Waals surface area contributed by atoms with Gasteiger partial charge in [-0.3, -0.25) is 14.6 Å². The number of thiophene rings is 1.